The van der Waals surface area contributed by atoms with Gasteiger partial charge in [0.05, 0.1) is 37.7 Å². The van der Waals surface area contributed by atoms with Crippen LogP contribution in [-0.4, -0.2) is 61.8 Å². The summed E-state index contributed by atoms with van der Waals surface area (Å²) in [5, 5.41) is 12.1. The molecule has 1 aliphatic heterocycles. The van der Waals surface area contributed by atoms with Crippen molar-refractivity contribution in [1.82, 2.24) is 24.9 Å². The molecule has 11 heteroatoms. The lowest BCUT2D eigenvalue weighted by Gasteiger charge is -2.33. The predicted octanol–water partition coefficient (Wildman–Crippen LogP) is 4.15. The molecule has 200 valence electrons. The number of carboxylic acids is 1. The normalized spacial score (nSPS) is 15.0. The van der Waals surface area contributed by atoms with Gasteiger partial charge in [-0.15, -0.1) is 0 Å². The molecule has 0 bridgehead atoms. The number of hydrogen-bond donors (Lipinski definition) is 2. The maximum atomic E-state index is 10.9. The fourth-order valence-corrected chi connectivity index (χ4v) is 4.36. The third-order valence-corrected chi connectivity index (χ3v) is 6.14. The predicted molar refractivity (Wildman–Crippen MR) is 145 cm³/mol. The van der Waals surface area contributed by atoms with Gasteiger partial charge < -0.3 is 24.8 Å². The molecule has 39 heavy (non-hydrogen) atoms. The number of carbonyl (C=O) groups is 1. The summed E-state index contributed by atoms with van der Waals surface area (Å²) in [5.74, 6) is 1.91. The van der Waals surface area contributed by atoms with E-state index < -0.39 is 5.97 Å². The Hall–Kier alpha value is -4.80. The molecule has 3 aromatic heterocycles. The van der Waals surface area contributed by atoms with E-state index in [4.69, 9.17) is 19.6 Å². The quantitative estimate of drug-likeness (QED) is 0.308. The van der Waals surface area contributed by atoms with Crippen molar-refractivity contribution in [2.24, 2.45) is 0 Å². The molecule has 1 fully saturated rings. The van der Waals surface area contributed by atoms with Crippen LogP contribution in [0.15, 0.2) is 67.3 Å². The van der Waals surface area contributed by atoms with Crippen LogP contribution in [0.4, 0.5) is 17.6 Å². The molecule has 5 rings (SSSR count). The summed E-state index contributed by atoms with van der Waals surface area (Å²) in [6, 6.07) is 12.8. The van der Waals surface area contributed by atoms with Gasteiger partial charge in [-0.25, -0.2) is 19.9 Å². The standard InChI is InChI=1S/C28H29N7O4/c1-2-38-23-6-3-12-30-27(23)39-21-5-4-14-35(18-21)25-17-29-16-24(33-25)34-28-31-13-11-22(32-28)20-9-7-19(8-10-20)15-26(36)37/h3,6-13,16-17,21H,2,4-5,14-15,18H2,1H3,(H,36,37)(H,31,32,33,34). The van der Waals surface area contributed by atoms with E-state index in [-0.39, 0.29) is 12.5 Å². The molecule has 1 aromatic carbocycles. The third kappa shape index (κ3) is 6.75. The summed E-state index contributed by atoms with van der Waals surface area (Å²) in [6.07, 6.45) is 8.48. The van der Waals surface area contributed by atoms with E-state index in [1.807, 2.05) is 31.2 Å². The van der Waals surface area contributed by atoms with Gasteiger partial charge in [0, 0.05) is 24.5 Å². The number of carboxylic acid groups (broad SMARTS) is 1. The number of piperidine rings is 1. The van der Waals surface area contributed by atoms with Gasteiger partial charge in [0.25, 0.3) is 5.88 Å². The van der Waals surface area contributed by atoms with Crippen LogP contribution in [-0.2, 0) is 11.2 Å². The number of ether oxygens (including phenoxy) is 2. The minimum Gasteiger partial charge on any atom is -0.488 e. The van der Waals surface area contributed by atoms with Crippen LogP contribution >= 0.6 is 0 Å². The van der Waals surface area contributed by atoms with Crippen molar-refractivity contribution in [2.75, 3.05) is 29.9 Å². The Labute approximate surface area is 225 Å². The van der Waals surface area contributed by atoms with E-state index in [0.717, 1.165) is 36.3 Å². The molecule has 1 saturated heterocycles. The second-order valence-electron chi connectivity index (χ2n) is 8.99. The molecule has 0 amide bonds. The smallest absolute Gasteiger partial charge is 0.307 e. The second kappa shape index (κ2) is 12.2. The zero-order valence-electron chi connectivity index (χ0n) is 21.5. The van der Waals surface area contributed by atoms with Crippen molar-refractivity contribution in [2.45, 2.75) is 32.3 Å². The van der Waals surface area contributed by atoms with Gasteiger partial charge in [0.2, 0.25) is 5.95 Å². The minimum absolute atomic E-state index is 0.0206. The highest BCUT2D eigenvalue weighted by Crippen LogP contribution is 2.28. The van der Waals surface area contributed by atoms with Crippen molar-refractivity contribution < 1.29 is 19.4 Å². The molecule has 1 atom stereocenters. The first-order valence-corrected chi connectivity index (χ1v) is 12.8. The summed E-state index contributed by atoms with van der Waals surface area (Å²) in [4.78, 5) is 35.5. The highest BCUT2D eigenvalue weighted by atomic mass is 16.5. The minimum atomic E-state index is -0.865. The molecule has 0 saturated carbocycles. The average Bonchev–Trinajstić information content (AvgIpc) is 2.95. The lowest BCUT2D eigenvalue weighted by Crippen LogP contribution is -2.41. The Bertz CT molecular complexity index is 1420. The Morgan fingerprint density at radius 1 is 1.10 bits per heavy atom. The van der Waals surface area contributed by atoms with Crippen LogP contribution in [0.3, 0.4) is 0 Å². The van der Waals surface area contributed by atoms with Gasteiger partial charge in [0.15, 0.2) is 11.6 Å². The summed E-state index contributed by atoms with van der Waals surface area (Å²) in [6.45, 7) is 3.95. The Morgan fingerprint density at radius 2 is 1.97 bits per heavy atom. The molecule has 1 unspecified atom stereocenters. The Balaban J connectivity index is 1.26. The molecule has 4 aromatic rings. The molecular weight excluding hydrogens is 498 g/mol. The monoisotopic (exact) mass is 527 g/mol. The number of pyridine rings is 1. The van der Waals surface area contributed by atoms with Crippen LogP contribution in [0, 0.1) is 0 Å². The van der Waals surface area contributed by atoms with Crippen LogP contribution in [0.1, 0.15) is 25.3 Å². The molecule has 11 nitrogen and oxygen atoms in total. The zero-order chi connectivity index (χ0) is 27.0. The van der Waals surface area contributed by atoms with E-state index in [1.54, 1.807) is 43.0 Å². The Morgan fingerprint density at radius 3 is 2.79 bits per heavy atom. The number of hydrogen-bond acceptors (Lipinski definition) is 10. The number of aromatic nitrogens is 5. The number of anilines is 3. The van der Waals surface area contributed by atoms with E-state index in [1.165, 1.54) is 0 Å². The fraction of sp³-hybridized carbons (Fsp3) is 0.286. The highest BCUT2D eigenvalue weighted by Gasteiger charge is 2.24. The van der Waals surface area contributed by atoms with Gasteiger partial charge in [-0.05, 0) is 43.5 Å². The van der Waals surface area contributed by atoms with Crippen LogP contribution in [0.5, 0.6) is 11.6 Å². The molecule has 2 N–H and O–H groups in total. The zero-order valence-corrected chi connectivity index (χ0v) is 21.5. The molecule has 0 radical (unpaired) electrons. The van der Waals surface area contributed by atoms with Crippen molar-refractivity contribution in [3.8, 4) is 22.9 Å². The largest absolute Gasteiger partial charge is 0.488 e. The van der Waals surface area contributed by atoms with Crippen LogP contribution in [0.2, 0.25) is 0 Å². The first-order chi connectivity index (χ1) is 19.1. The van der Waals surface area contributed by atoms with Gasteiger partial charge in [0.1, 0.15) is 11.9 Å². The van der Waals surface area contributed by atoms with E-state index >= 15 is 0 Å². The molecular formula is C28H29N7O4. The highest BCUT2D eigenvalue weighted by molar-refractivity contribution is 5.71. The first-order valence-electron chi connectivity index (χ1n) is 12.8. The maximum absolute atomic E-state index is 10.9. The van der Waals surface area contributed by atoms with Gasteiger partial charge in [-0.2, -0.15) is 0 Å². The van der Waals surface area contributed by atoms with Gasteiger partial charge >= 0.3 is 5.97 Å². The molecule has 0 aliphatic carbocycles. The van der Waals surface area contributed by atoms with Crippen LogP contribution in [0.25, 0.3) is 11.3 Å². The first kappa shape index (κ1) is 25.8. The van der Waals surface area contributed by atoms with E-state index in [2.05, 4.69) is 30.2 Å². The van der Waals surface area contributed by atoms with Crippen LogP contribution < -0.4 is 19.7 Å². The SMILES string of the molecule is CCOc1cccnc1OC1CCCN(c2cncc(Nc3nccc(-c4ccc(CC(=O)O)cc4)n3)n2)C1. The summed E-state index contributed by atoms with van der Waals surface area (Å²) in [7, 11) is 0. The number of benzene rings is 1. The summed E-state index contributed by atoms with van der Waals surface area (Å²) in [5.41, 5.74) is 2.29. The second-order valence-corrected chi connectivity index (χ2v) is 8.99. The number of rotatable bonds is 10. The van der Waals surface area contributed by atoms with Gasteiger partial charge in [-0.1, -0.05) is 24.3 Å². The topological polar surface area (TPSA) is 135 Å². The third-order valence-electron chi connectivity index (χ3n) is 6.14. The lowest BCUT2D eigenvalue weighted by molar-refractivity contribution is -0.136. The van der Waals surface area contributed by atoms with E-state index in [0.29, 0.717) is 42.2 Å². The van der Waals surface area contributed by atoms with Crippen molar-refractivity contribution in [3.05, 3.63) is 72.8 Å². The molecule has 0 spiro atoms. The summed E-state index contributed by atoms with van der Waals surface area (Å²) >= 11 is 0. The summed E-state index contributed by atoms with van der Waals surface area (Å²) < 4.78 is 11.9. The van der Waals surface area contributed by atoms with Gasteiger partial charge in [-0.3, -0.25) is 9.78 Å². The average molecular weight is 528 g/mol. The number of aliphatic carboxylic acids is 1. The maximum Gasteiger partial charge on any atom is 0.307 e. The van der Waals surface area contributed by atoms with Crippen molar-refractivity contribution in [3.63, 3.8) is 0 Å². The van der Waals surface area contributed by atoms with Crippen molar-refractivity contribution >= 4 is 23.6 Å². The van der Waals surface area contributed by atoms with Crippen molar-refractivity contribution in [1.29, 1.82) is 0 Å². The molecule has 4 heterocycles. The fourth-order valence-electron chi connectivity index (χ4n) is 4.36. The molecule has 1 aliphatic rings. The lowest BCUT2D eigenvalue weighted by atomic mass is 10.1. The Kier molecular flexibility index (Phi) is 8.06. The number of nitrogens with one attached hydrogen (secondary N) is 1. The van der Waals surface area contributed by atoms with E-state index in [9.17, 15) is 4.79 Å². The number of nitrogens with zero attached hydrogens (tertiary/aromatic N) is 6.